The Labute approximate surface area is 191 Å². The van der Waals surface area contributed by atoms with Gasteiger partial charge in [-0.2, -0.15) is 0 Å². The summed E-state index contributed by atoms with van der Waals surface area (Å²) in [6, 6.07) is 4.70. The minimum atomic E-state index is -0.690. The van der Waals surface area contributed by atoms with Gasteiger partial charge in [0.25, 0.3) is 0 Å². The maximum Gasteiger partial charge on any atom is 0.347 e. The summed E-state index contributed by atoms with van der Waals surface area (Å²) in [6.45, 7) is 5.46. The summed E-state index contributed by atoms with van der Waals surface area (Å²) in [5.74, 6) is 0.434. The first-order chi connectivity index (χ1) is 16.1. The molecule has 1 unspecified atom stereocenters. The van der Waals surface area contributed by atoms with E-state index in [0.717, 1.165) is 0 Å². The Morgan fingerprint density at radius 2 is 1.55 bits per heavy atom. The van der Waals surface area contributed by atoms with E-state index < -0.39 is 5.63 Å². The Morgan fingerprint density at radius 1 is 0.909 bits per heavy atom. The number of hydrogen-bond acceptors (Lipinski definition) is 10. The summed E-state index contributed by atoms with van der Waals surface area (Å²) < 4.78 is 44.5. The molecule has 1 atom stereocenters. The third-order valence-corrected chi connectivity index (χ3v) is 4.82. The zero-order valence-corrected chi connectivity index (χ0v) is 19.0. The molecule has 10 nitrogen and oxygen atoms in total. The van der Waals surface area contributed by atoms with Crippen LogP contribution in [0.15, 0.2) is 27.4 Å². The van der Waals surface area contributed by atoms with Gasteiger partial charge in [-0.05, 0) is 19.1 Å². The van der Waals surface area contributed by atoms with Crippen molar-refractivity contribution in [3.05, 3.63) is 34.2 Å². The third kappa shape index (κ3) is 7.79. The summed E-state index contributed by atoms with van der Waals surface area (Å²) in [5, 5.41) is 0.544. The largest absolute Gasteiger partial charge is 0.493 e. The highest BCUT2D eigenvalue weighted by molar-refractivity contribution is 5.96. The first-order valence-corrected chi connectivity index (χ1v) is 10.8. The second kappa shape index (κ2) is 13.3. The highest BCUT2D eigenvalue weighted by Crippen LogP contribution is 2.32. The predicted octanol–water partition coefficient (Wildman–Crippen LogP) is 1.85. The average molecular weight is 466 g/mol. The molecule has 10 heteroatoms. The molecule has 1 aliphatic rings. The van der Waals surface area contributed by atoms with E-state index in [1.807, 2.05) is 0 Å². The molecule has 1 aromatic carbocycles. The molecule has 0 spiro atoms. The fourth-order valence-electron chi connectivity index (χ4n) is 3.12. The molecule has 1 saturated heterocycles. The highest BCUT2D eigenvalue weighted by Gasteiger charge is 2.16. The maximum absolute atomic E-state index is 12.0. The zero-order chi connectivity index (χ0) is 23.5. The number of methoxy groups -OCH3 is 1. The lowest BCUT2D eigenvalue weighted by atomic mass is 10.1. The average Bonchev–Trinajstić information content (AvgIpc) is 2.81. The molecular formula is C23H30O10. The van der Waals surface area contributed by atoms with Crippen molar-refractivity contribution >= 4 is 16.8 Å². The van der Waals surface area contributed by atoms with Crippen LogP contribution in [0, 0.1) is 0 Å². The lowest BCUT2D eigenvalue weighted by Crippen LogP contribution is -2.29. The van der Waals surface area contributed by atoms with Gasteiger partial charge in [-0.3, -0.25) is 4.79 Å². The van der Waals surface area contributed by atoms with Gasteiger partial charge in [0.1, 0.15) is 23.9 Å². The molecule has 2 heterocycles. The van der Waals surface area contributed by atoms with Gasteiger partial charge in [-0.1, -0.05) is 0 Å². The van der Waals surface area contributed by atoms with E-state index in [9.17, 15) is 9.59 Å². The standard InChI is InChI=1S/C23H30O10/c1-16(24)19-11-17-12-22(21(26-2)13-20(17)33-23(19)25)32-15-18-14-30-8-7-28-4-3-27-5-6-29-9-10-31-18/h11-13,18H,3-10,14-15H2,1-2H3. The predicted molar refractivity (Wildman–Crippen MR) is 118 cm³/mol. The smallest absolute Gasteiger partial charge is 0.347 e. The van der Waals surface area contributed by atoms with Gasteiger partial charge in [-0.25, -0.2) is 4.79 Å². The van der Waals surface area contributed by atoms with Crippen LogP contribution in [-0.2, 0) is 23.7 Å². The number of fused-ring (bicyclic) bond motifs is 1. The van der Waals surface area contributed by atoms with E-state index in [4.69, 9.17) is 37.6 Å². The quantitative estimate of drug-likeness (QED) is 0.478. The monoisotopic (exact) mass is 466 g/mol. The molecule has 0 saturated carbocycles. The van der Waals surface area contributed by atoms with Crippen molar-refractivity contribution in [2.24, 2.45) is 0 Å². The van der Waals surface area contributed by atoms with Gasteiger partial charge >= 0.3 is 5.63 Å². The van der Waals surface area contributed by atoms with E-state index >= 15 is 0 Å². The van der Waals surface area contributed by atoms with Crippen molar-refractivity contribution in [3.8, 4) is 11.5 Å². The molecule has 0 amide bonds. The molecule has 182 valence electrons. The van der Waals surface area contributed by atoms with Crippen LogP contribution in [0.2, 0.25) is 0 Å². The second-order valence-electron chi connectivity index (χ2n) is 7.26. The van der Waals surface area contributed by atoms with Crippen LogP contribution >= 0.6 is 0 Å². The van der Waals surface area contributed by atoms with Gasteiger partial charge in [0, 0.05) is 11.5 Å². The van der Waals surface area contributed by atoms with Gasteiger partial charge in [-0.15, -0.1) is 0 Å². The third-order valence-electron chi connectivity index (χ3n) is 4.82. The molecule has 3 rings (SSSR count). The molecule has 1 aromatic heterocycles. The van der Waals surface area contributed by atoms with E-state index in [0.29, 0.717) is 81.9 Å². The van der Waals surface area contributed by atoms with Crippen LogP contribution in [0.25, 0.3) is 11.0 Å². The minimum Gasteiger partial charge on any atom is -0.493 e. The zero-order valence-electron chi connectivity index (χ0n) is 19.0. The molecule has 0 radical (unpaired) electrons. The molecule has 0 bridgehead atoms. The van der Waals surface area contributed by atoms with Gasteiger partial charge in [0.05, 0.1) is 66.6 Å². The summed E-state index contributed by atoms with van der Waals surface area (Å²) in [4.78, 5) is 23.7. The molecule has 2 aromatic rings. The highest BCUT2D eigenvalue weighted by atomic mass is 16.6. The first kappa shape index (κ1) is 25.1. The number of carbonyl (C=O) groups is 1. The Balaban J connectivity index is 1.68. The maximum atomic E-state index is 12.0. The van der Waals surface area contributed by atoms with Crippen molar-refractivity contribution in [1.29, 1.82) is 0 Å². The Hall–Kier alpha value is -2.50. The minimum absolute atomic E-state index is 0.0233. The van der Waals surface area contributed by atoms with Crippen LogP contribution in [-0.4, -0.2) is 85.1 Å². The summed E-state index contributed by atoms with van der Waals surface area (Å²) in [5.41, 5.74) is -0.418. The molecule has 33 heavy (non-hydrogen) atoms. The van der Waals surface area contributed by atoms with Crippen LogP contribution in [0.3, 0.4) is 0 Å². The Kier molecular flexibility index (Phi) is 10.1. The molecule has 0 N–H and O–H groups in total. The second-order valence-corrected chi connectivity index (χ2v) is 7.26. The van der Waals surface area contributed by atoms with Crippen molar-refractivity contribution in [2.75, 3.05) is 73.2 Å². The number of ketones is 1. The number of rotatable bonds is 5. The van der Waals surface area contributed by atoms with Crippen molar-refractivity contribution in [3.63, 3.8) is 0 Å². The molecule has 0 aliphatic carbocycles. The molecule has 1 aliphatic heterocycles. The number of ether oxygens (including phenoxy) is 7. The topological polar surface area (TPSA) is 112 Å². The van der Waals surface area contributed by atoms with Crippen LogP contribution < -0.4 is 15.1 Å². The van der Waals surface area contributed by atoms with Crippen LogP contribution in [0.4, 0.5) is 0 Å². The number of benzene rings is 1. The summed E-state index contributed by atoms with van der Waals surface area (Å²) in [6.07, 6.45) is -0.364. The number of Topliss-reactive ketones (excluding diaryl/α,β-unsaturated/α-hetero) is 1. The van der Waals surface area contributed by atoms with E-state index in [1.165, 1.54) is 20.1 Å². The van der Waals surface area contributed by atoms with Crippen molar-refractivity contribution in [1.82, 2.24) is 0 Å². The lowest BCUT2D eigenvalue weighted by Gasteiger charge is -2.20. The number of carbonyl (C=O) groups excluding carboxylic acids is 1. The summed E-state index contributed by atoms with van der Waals surface area (Å²) >= 11 is 0. The SMILES string of the molecule is COc1cc2oc(=O)c(C(C)=O)cc2cc1OCC1COCCOCCOCCOCCO1. The van der Waals surface area contributed by atoms with Crippen LogP contribution in [0.5, 0.6) is 11.5 Å². The fourth-order valence-corrected chi connectivity index (χ4v) is 3.12. The van der Waals surface area contributed by atoms with Gasteiger partial charge in [0.2, 0.25) is 0 Å². The van der Waals surface area contributed by atoms with Crippen molar-refractivity contribution in [2.45, 2.75) is 13.0 Å². The fraction of sp³-hybridized carbons (Fsp3) is 0.565. The first-order valence-electron chi connectivity index (χ1n) is 10.8. The molecule has 1 fully saturated rings. The summed E-state index contributed by atoms with van der Waals surface area (Å²) in [7, 11) is 1.49. The van der Waals surface area contributed by atoms with E-state index in [1.54, 1.807) is 12.1 Å². The number of hydrogen-bond donors (Lipinski definition) is 0. The lowest BCUT2D eigenvalue weighted by molar-refractivity contribution is -0.0608. The van der Waals surface area contributed by atoms with Crippen molar-refractivity contribution < 1.29 is 42.4 Å². The Bertz CT molecular complexity index is 938. The van der Waals surface area contributed by atoms with Crippen LogP contribution in [0.1, 0.15) is 17.3 Å². The van der Waals surface area contributed by atoms with Gasteiger partial charge < -0.3 is 37.6 Å². The Morgan fingerprint density at radius 3 is 2.18 bits per heavy atom. The normalized spacial score (nSPS) is 19.4. The van der Waals surface area contributed by atoms with E-state index in [-0.39, 0.29) is 24.1 Å². The molecular weight excluding hydrogens is 436 g/mol. The van der Waals surface area contributed by atoms with E-state index in [2.05, 4.69) is 0 Å². The van der Waals surface area contributed by atoms with Gasteiger partial charge in [0.15, 0.2) is 17.3 Å².